The number of thioether (sulfide) groups is 2. The summed E-state index contributed by atoms with van der Waals surface area (Å²) in [7, 11) is -8.71. The molecule has 0 bridgehead atoms. The number of aromatic nitrogens is 2. The lowest BCUT2D eigenvalue weighted by molar-refractivity contribution is 0.314. The van der Waals surface area contributed by atoms with Gasteiger partial charge in [0.05, 0.1) is 0 Å². The van der Waals surface area contributed by atoms with Gasteiger partial charge in [-0.1, -0.05) is 88.3 Å². The lowest BCUT2D eigenvalue weighted by Crippen LogP contribution is -2.13. The fourth-order valence-electron chi connectivity index (χ4n) is 2.76. The molecule has 1 aromatic rings. The Kier molecular flexibility index (Phi) is 18.5. The molecular weight excluding hydrogens is 557 g/mol. The van der Waals surface area contributed by atoms with Crippen molar-refractivity contribution in [2.24, 2.45) is 0 Å². The first-order valence-electron chi connectivity index (χ1n) is 11.9. The van der Waals surface area contributed by atoms with Crippen molar-refractivity contribution in [3.8, 4) is 10.4 Å². The molecule has 0 fully saturated rings. The molecule has 35 heavy (non-hydrogen) atoms. The van der Waals surface area contributed by atoms with E-state index in [2.05, 4.69) is 24.0 Å². The zero-order valence-corrected chi connectivity index (χ0v) is 24.6. The van der Waals surface area contributed by atoms with E-state index in [-0.39, 0.29) is 11.9 Å². The van der Waals surface area contributed by atoms with Gasteiger partial charge in [0.1, 0.15) is 11.9 Å². The summed E-state index contributed by atoms with van der Waals surface area (Å²) in [4.78, 5) is 0. The fourth-order valence-corrected chi connectivity index (χ4v) is 6.90. The molecule has 0 aliphatic carbocycles. The summed E-state index contributed by atoms with van der Waals surface area (Å²) in [5, 5.41) is 6.08. The quantitative estimate of drug-likeness (QED) is 0.104. The fraction of sp³-hybridized carbons (Fsp3) is 0.900. The van der Waals surface area contributed by atoms with E-state index in [0.717, 1.165) is 37.2 Å². The van der Waals surface area contributed by atoms with Gasteiger partial charge in [-0.05, 0) is 35.7 Å². The summed E-state index contributed by atoms with van der Waals surface area (Å²) in [6.45, 7) is 4.33. The molecule has 206 valence electrons. The average molecular weight is 595 g/mol. The normalized spacial score (nSPS) is 12.2. The third kappa shape index (κ3) is 18.6. The molecule has 0 amide bonds. The van der Waals surface area contributed by atoms with E-state index < -0.39 is 31.2 Å². The molecular formula is C20H38N2O8S5. The summed E-state index contributed by atoms with van der Waals surface area (Å²) in [6.07, 6.45) is 13.9. The van der Waals surface area contributed by atoms with Crippen LogP contribution in [0.5, 0.6) is 10.4 Å². The van der Waals surface area contributed by atoms with Gasteiger partial charge in [0.25, 0.3) is 0 Å². The molecule has 10 nitrogen and oxygen atoms in total. The lowest BCUT2D eigenvalue weighted by atomic mass is 10.1. The Bertz CT molecular complexity index is 796. The minimum atomic E-state index is -4.35. The summed E-state index contributed by atoms with van der Waals surface area (Å²) in [5.41, 5.74) is 0. The van der Waals surface area contributed by atoms with Crippen LogP contribution in [0.3, 0.4) is 0 Å². The Hall–Kier alpha value is -0.320. The molecule has 0 saturated carbocycles. The van der Waals surface area contributed by atoms with Crippen LogP contribution < -0.4 is 8.37 Å². The van der Waals surface area contributed by atoms with E-state index in [1.807, 2.05) is 0 Å². The van der Waals surface area contributed by atoms with Crippen LogP contribution in [0.15, 0.2) is 0 Å². The largest absolute Gasteiger partial charge is 0.452 e. The minimum Gasteiger partial charge on any atom is -0.329 e. The third-order valence-electron chi connectivity index (χ3n) is 4.57. The number of unbranched alkanes of at least 4 members (excludes halogenated alkanes) is 10. The molecule has 0 N–H and O–H groups in total. The van der Waals surface area contributed by atoms with Gasteiger partial charge in [-0.15, -0.1) is 23.5 Å². The van der Waals surface area contributed by atoms with Crippen LogP contribution in [0, 0.1) is 0 Å². The second-order valence-corrected chi connectivity index (χ2v) is 13.1. The van der Waals surface area contributed by atoms with Crippen molar-refractivity contribution >= 4 is 55.7 Å². The molecule has 1 rings (SSSR count). The highest BCUT2D eigenvalue weighted by molar-refractivity contribution is 7.99. The molecule has 0 aliphatic heterocycles. The Labute approximate surface area is 223 Å². The maximum absolute atomic E-state index is 11.9. The molecule has 0 unspecified atom stereocenters. The lowest BCUT2D eigenvalue weighted by Gasteiger charge is -2.05. The molecule has 0 atom stereocenters. The van der Waals surface area contributed by atoms with Crippen molar-refractivity contribution < 1.29 is 33.6 Å². The Balaban J connectivity index is 2.22. The van der Waals surface area contributed by atoms with Crippen LogP contribution in [0.2, 0.25) is 0 Å². The Morgan fingerprint density at radius 3 is 1.40 bits per heavy atom. The SMILES string of the molecule is CCCCCCCCSCOS(=O)(=O)Oc1nnc(OS(=O)(=O)OCSCCCCCCCC)s1. The van der Waals surface area contributed by atoms with Gasteiger partial charge in [0, 0.05) is 0 Å². The van der Waals surface area contributed by atoms with E-state index in [4.69, 9.17) is 16.7 Å². The maximum atomic E-state index is 11.9. The summed E-state index contributed by atoms with van der Waals surface area (Å²) < 4.78 is 66.5. The highest BCUT2D eigenvalue weighted by atomic mass is 32.3. The van der Waals surface area contributed by atoms with Crippen LogP contribution in [0.1, 0.15) is 90.9 Å². The van der Waals surface area contributed by atoms with Gasteiger partial charge in [-0.2, -0.15) is 16.8 Å². The number of hydrogen-bond acceptors (Lipinski definition) is 13. The zero-order valence-electron chi connectivity index (χ0n) is 20.5. The van der Waals surface area contributed by atoms with Crippen molar-refractivity contribution in [1.82, 2.24) is 10.2 Å². The molecule has 0 spiro atoms. The summed E-state index contributed by atoms with van der Waals surface area (Å²) >= 11 is 3.20. The predicted molar refractivity (Wildman–Crippen MR) is 143 cm³/mol. The summed E-state index contributed by atoms with van der Waals surface area (Å²) in [5.74, 6) is 1.40. The molecule has 0 saturated heterocycles. The molecule has 1 heterocycles. The Morgan fingerprint density at radius 2 is 1.00 bits per heavy atom. The van der Waals surface area contributed by atoms with Crippen LogP contribution in [0.4, 0.5) is 0 Å². The van der Waals surface area contributed by atoms with Gasteiger partial charge < -0.3 is 8.37 Å². The van der Waals surface area contributed by atoms with Crippen molar-refractivity contribution in [3.05, 3.63) is 0 Å². The van der Waals surface area contributed by atoms with Crippen molar-refractivity contribution in [3.63, 3.8) is 0 Å². The van der Waals surface area contributed by atoms with Crippen LogP contribution in [-0.4, -0.2) is 50.4 Å². The zero-order chi connectivity index (χ0) is 25.8. The standard InChI is InChI=1S/C20H38N2O8S5/c1-3-5-7-9-11-13-15-31-17-27-34(23,24)29-19-21-22-20(33-19)30-35(25,26)28-18-32-16-14-12-10-8-6-4-2/h3-18H2,1-2H3. The molecule has 15 heteroatoms. The van der Waals surface area contributed by atoms with Crippen LogP contribution in [0.25, 0.3) is 0 Å². The van der Waals surface area contributed by atoms with Crippen molar-refractivity contribution in [2.75, 3.05) is 23.4 Å². The van der Waals surface area contributed by atoms with Crippen LogP contribution in [-0.2, 0) is 29.2 Å². The Morgan fingerprint density at radius 1 is 0.629 bits per heavy atom. The first-order valence-corrected chi connectivity index (χ1v) is 17.7. The van der Waals surface area contributed by atoms with E-state index in [1.54, 1.807) is 0 Å². The van der Waals surface area contributed by atoms with Gasteiger partial charge in [-0.3, -0.25) is 0 Å². The van der Waals surface area contributed by atoms with Gasteiger partial charge >= 0.3 is 31.2 Å². The third-order valence-corrected chi connectivity index (χ3v) is 9.02. The topological polar surface area (TPSA) is 131 Å². The molecule has 0 radical (unpaired) electrons. The predicted octanol–water partition coefficient (Wildman–Crippen LogP) is 5.92. The van der Waals surface area contributed by atoms with E-state index in [9.17, 15) is 16.8 Å². The van der Waals surface area contributed by atoms with Crippen molar-refractivity contribution in [2.45, 2.75) is 90.9 Å². The molecule has 0 aliphatic rings. The minimum absolute atomic E-state index is 0.0852. The van der Waals surface area contributed by atoms with Gasteiger partial charge in [0.2, 0.25) is 0 Å². The monoisotopic (exact) mass is 594 g/mol. The van der Waals surface area contributed by atoms with Crippen LogP contribution >= 0.6 is 34.9 Å². The number of nitrogens with zero attached hydrogens (tertiary/aromatic N) is 2. The first kappa shape index (κ1) is 32.7. The summed E-state index contributed by atoms with van der Waals surface area (Å²) in [6, 6.07) is 0. The van der Waals surface area contributed by atoms with E-state index in [1.165, 1.54) is 74.9 Å². The van der Waals surface area contributed by atoms with E-state index in [0.29, 0.717) is 11.3 Å². The average Bonchev–Trinajstić information content (AvgIpc) is 3.21. The number of rotatable bonds is 24. The molecule has 1 aromatic heterocycles. The first-order chi connectivity index (χ1) is 16.8. The highest BCUT2D eigenvalue weighted by Crippen LogP contribution is 2.27. The second kappa shape index (κ2) is 19.7. The van der Waals surface area contributed by atoms with Gasteiger partial charge in [-0.25, -0.2) is 8.37 Å². The smallest absolute Gasteiger partial charge is 0.329 e. The molecule has 0 aromatic carbocycles. The maximum Gasteiger partial charge on any atom is 0.452 e. The highest BCUT2D eigenvalue weighted by Gasteiger charge is 2.21. The second-order valence-electron chi connectivity index (χ2n) is 7.64. The van der Waals surface area contributed by atoms with Gasteiger partial charge in [0.15, 0.2) is 0 Å². The van der Waals surface area contributed by atoms with Crippen molar-refractivity contribution in [1.29, 1.82) is 0 Å². The van der Waals surface area contributed by atoms with E-state index >= 15 is 0 Å². The number of hydrogen-bond donors (Lipinski definition) is 0.